The summed E-state index contributed by atoms with van der Waals surface area (Å²) in [6.45, 7) is 0. The Morgan fingerprint density at radius 2 is 1.00 bits per heavy atom. The third kappa shape index (κ3) is 2.24. The van der Waals surface area contributed by atoms with Crippen LogP contribution in [0.3, 0.4) is 0 Å². The van der Waals surface area contributed by atoms with Gasteiger partial charge in [-0.2, -0.15) is 22.0 Å². The van der Waals surface area contributed by atoms with E-state index < -0.39 is 15.6 Å². The normalized spacial score (nSPS) is 19.6. The zero-order valence-electron chi connectivity index (χ0n) is 4.52. The van der Waals surface area contributed by atoms with Crippen LogP contribution in [0.5, 0.6) is 0 Å². The molecule has 8 heteroatoms. The zero-order chi connectivity index (χ0) is 9.50. The van der Waals surface area contributed by atoms with E-state index in [1.807, 2.05) is 0 Å². The molecule has 0 unspecified atom stereocenters. The summed E-state index contributed by atoms with van der Waals surface area (Å²) < 4.78 is 65.1. The number of hydrogen-bond acceptors (Lipinski definition) is 0. The highest BCUT2D eigenvalue weighted by molar-refractivity contribution is 9.12. The number of hydrogen-bond donors (Lipinski definition) is 0. The van der Waals surface area contributed by atoms with E-state index in [1.54, 1.807) is 0 Å². The first-order chi connectivity index (χ1) is 4.50. The number of rotatable bonds is 1. The van der Waals surface area contributed by atoms with Gasteiger partial charge in [-0.3, -0.25) is 0 Å². The molecular weight excluding hydrogens is 310 g/mol. The van der Waals surface area contributed by atoms with Crippen molar-refractivity contribution < 1.29 is 26.3 Å². The summed E-state index contributed by atoms with van der Waals surface area (Å²) in [5.74, 6) is 0. The van der Waals surface area contributed by atoms with Gasteiger partial charge in [-0.1, -0.05) is 0 Å². The third-order valence-corrected chi connectivity index (χ3v) is 2.74. The lowest BCUT2D eigenvalue weighted by atomic mass is 10.4. The van der Waals surface area contributed by atoms with Gasteiger partial charge in [-0.15, -0.1) is 0 Å². The lowest BCUT2D eigenvalue weighted by Crippen LogP contribution is -2.46. The van der Waals surface area contributed by atoms with E-state index in [0.717, 1.165) is 0 Å². The fourth-order valence-corrected chi connectivity index (χ4v) is 0.386. The molecule has 11 heavy (non-hydrogen) atoms. The molecule has 0 spiro atoms. The van der Waals surface area contributed by atoms with Crippen molar-refractivity contribution in [2.75, 3.05) is 0 Å². The molecular formula is C3Br2F6. The smallest absolute Gasteiger partial charge is 0.213 e. The van der Waals surface area contributed by atoms with E-state index in [0.29, 0.717) is 0 Å². The minimum Gasteiger partial charge on any atom is -0.213 e. The fraction of sp³-hybridized carbons (Fsp3) is 1.00. The summed E-state index contributed by atoms with van der Waals surface area (Å²) in [5, 5.41) is 0. The maximum Gasteiger partial charge on any atom is 0.439 e. The summed E-state index contributed by atoms with van der Waals surface area (Å²) in [5.41, 5.74) is 0. The summed E-state index contributed by atoms with van der Waals surface area (Å²) in [6.07, 6.45) is -5.67. The first-order valence-corrected chi connectivity index (χ1v) is 3.60. The SMILES string of the molecule is FC(F)(F)[C@@](F)(Br)C(F)(F)Br. The van der Waals surface area contributed by atoms with Crippen molar-refractivity contribution >= 4 is 31.9 Å². The van der Waals surface area contributed by atoms with Gasteiger partial charge in [0.1, 0.15) is 0 Å². The maximum atomic E-state index is 12.1. The van der Waals surface area contributed by atoms with Crippen LogP contribution in [0, 0.1) is 0 Å². The molecule has 0 aliphatic rings. The lowest BCUT2D eigenvalue weighted by molar-refractivity contribution is -0.231. The van der Waals surface area contributed by atoms with E-state index in [-0.39, 0.29) is 0 Å². The Bertz CT molecular complexity index is 127. The molecule has 0 amide bonds. The lowest BCUT2D eigenvalue weighted by Gasteiger charge is -2.25. The number of alkyl halides is 8. The molecule has 0 radical (unpaired) electrons. The van der Waals surface area contributed by atoms with Crippen LogP contribution in [-0.2, 0) is 0 Å². The van der Waals surface area contributed by atoms with Gasteiger partial charge in [0.2, 0.25) is 0 Å². The van der Waals surface area contributed by atoms with Crippen LogP contribution >= 0.6 is 31.9 Å². The Labute approximate surface area is 74.2 Å². The molecule has 0 N–H and O–H groups in total. The van der Waals surface area contributed by atoms with Crippen molar-refractivity contribution in [1.29, 1.82) is 0 Å². The highest BCUT2D eigenvalue weighted by Crippen LogP contribution is 2.52. The van der Waals surface area contributed by atoms with Gasteiger partial charge >= 0.3 is 15.6 Å². The molecule has 0 nitrogen and oxygen atoms in total. The van der Waals surface area contributed by atoms with E-state index in [9.17, 15) is 26.3 Å². The van der Waals surface area contributed by atoms with Crippen molar-refractivity contribution in [1.82, 2.24) is 0 Å². The molecule has 0 rings (SSSR count). The van der Waals surface area contributed by atoms with Crippen LogP contribution in [0.25, 0.3) is 0 Å². The topological polar surface area (TPSA) is 0 Å². The molecule has 0 fully saturated rings. The van der Waals surface area contributed by atoms with Crippen LogP contribution in [0.15, 0.2) is 0 Å². The molecule has 0 aromatic heterocycles. The molecule has 0 saturated carbocycles. The largest absolute Gasteiger partial charge is 0.439 e. The van der Waals surface area contributed by atoms with E-state index in [2.05, 4.69) is 0 Å². The summed E-state index contributed by atoms with van der Waals surface area (Å²) in [6, 6.07) is 0. The molecule has 0 bridgehead atoms. The summed E-state index contributed by atoms with van der Waals surface area (Å²) in [4.78, 5) is -4.68. The molecule has 1 atom stereocenters. The minimum absolute atomic E-state index is 1.23. The molecule has 0 aliphatic heterocycles. The first-order valence-electron chi connectivity index (χ1n) is 2.01. The Morgan fingerprint density at radius 1 is 0.727 bits per heavy atom. The Hall–Kier alpha value is 0.540. The average molecular weight is 310 g/mol. The average Bonchev–Trinajstić information content (AvgIpc) is 1.58. The van der Waals surface area contributed by atoms with Crippen molar-refractivity contribution in [3.63, 3.8) is 0 Å². The van der Waals surface area contributed by atoms with E-state index in [1.165, 1.54) is 31.9 Å². The second-order valence-corrected chi connectivity index (χ2v) is 3.66. The standard InChI is InChI=1S/C3Br2F6/c4-1(6,2(5,7)8)3(9,10)11/t1-/m1/s1. The van der Waals surface area contributed by atoms with Crippen molar-refractivity contribution in [2.24, 2.45) is 0 Å². The van der Waals surface area contributed by atoms with Gasteiger partial charge in [0.05, 0.1) is 0 Å². The van der Waals surface area contributed by atoms with Crippen LogP contribution in [0.2, 0.25) is 0 Å². The van der Waals surface area contributed by atoms with E-state index >= 15 is 0 Å². The van der Waals surface area contributed by atoms with Crippen LogP contribution in [0.4, 0.5) is 26.3 Å². The van der Waals surface area contributed by atoms with Gasteiger partial charge < -0.3 is 0 Å². The maximum absolute atomic E-state index is 12.1. The van der Waals surface area contributed by atoms with Gasteiger partial charge in [-0.25, -0.2) is 4.39 Å². The van der Waals surface area contributed by atoms with E-state index in [4.69, 9.17) is 0 Å². The molecule has 0 aromatic carbocycles. The molecule has 0 aliphatic carbocycles. The van der Waals surface area contributed by atoms with Crippen LogP contribution < -0.4 is 0 Å². The molecule has 0 saturated heterocycles. The molecule has 0 heterocycles. The van der Waals surface area contributed by atoms with Crippen molar-refractivity contribution in [3.05, 3.63) is 0 Å². The van der Waals surface area contributed by atoms with Gasteiger partial charge in [0.25, 0.3) is 0 Å². The second-order valence-electron chi connectivity index (χ2n) is 1.57. The van der Waals surface area contributed by atoms with Gasteiger partial charge in [0, 0.05) is 0 Å². The predicted molar refractivity (Wildman–Crippen MR) is 32.7 cm³/mol. The highest BCUT2D eigenvalue weighted by atomic mass is 79.9. The fourth-order valence-electron chi connectivity index (χ4n) is 0.161. The molecule has 68 valence electrons. The minimum atomic E-state index is -5.67. The second kappa shape index (κ2) is 2.79. The van der Waals surface area contributed by atoms with Gasteiger partial charge in [-0.05, 0) is 31.9 Å². The Morgan fingerprint density at radius 3 is 1.00 bits per heavy atom. The zero-order valence-corrected chi connectivity index (χ0v) is 7.70. The summed E-state index contributed by atoms with van der Waals surface area (Å²) in [7, 11) is 0. The first kappa shape index (κ1) is 11.5. The van der Waals surface area contributed by atoms with Crippen molar-refractivity contribution in [2.45, 2.75) is 15.6 Å². The summed E-state index contributed by atoms with van der Waals surface area (Å²) >= 11 is 2.50. The van der Waals surface area contributed by atoms with Gasteiger partial charge in [0.15, 0.2) is 0 Å². The van der Waals surface area contributed by atoms with Crippen molar-refractivity contribution in [3.8, 4) is 0 Å². The number of halogens is 8. The Kier molecular flexibility index (Phi) is 2.93. The Balaban J connectivity index is 4.75. The highest BCUT2D eigenvalue weighted by Gasteiger charge is 2.69. The predicted octanol–water partition coefficient (Wildman–Crippen LogP) is 3.60. The third-order valence-electron chi connectivity index (χ3n) is 0.712. The quantitative estimate of drug-likeness (QED) is 0.513. The van der Waals surface area contributed by atoms with Crippen LogP contribution in [-0.4, -0.2) is 15.6 Å². The monoisotopic (exact) mass is 308 g/mol. The van der Waals surface area contributed by atoms with Crippen LogP contribution in [0.1, 0.15) is 0 Å². The molecule has 0 aromatic rings.